The molecule has 2 unspecified atom stereocenters. The van der Waals surface area contributed by atoms with E-state index in [0.29, 0.717) is 0 Å². The first kappa shape index (κ1) is 23.8. The van der Waals surface area contributed by atoms with Crippen molar-refractivity contribution in [1.82, 2.24) is 0 Å². The highest BCUT2D eigenvalue weighted by Crippen LogP contribution is 2.29. The summed E-state index contributed by atoms with van der Waals surface area (Å²) in [6, 6.07) is 0. The van der Waals surface area contributed by atoms with Crippen LogP contribution in [0.15, 0.2) is 0 Å². The highest BCUT2D eigenvalue weighted by Gasteiger charge is 2.36. The van der Waals surface area contributed by atoms with Gasteiger partial charge in [0.25, 0.3) is 0 Å². The highest BCUT2D eigenvalue weighted by molar-refractivity contribution is 4.68. The molecule has 0 amide bonds. The van der Waals surface area contributed by atoms with E-state index >= 15 is 0 Å². The molecule has 2 atom stereocenters. The fraction of sp³-hybridized carbons (Fsp3) is 1.00. The van der Waals surface area contributed by atoms with Crippen molar-refractivity contribution >= 4 is 0 Å². The van der Waals surface area contributed by atoms with E-state index < -0.39 is 37.4 Å². The summed E-state index contributed by atoms with van der Waals surface area (Å²) in [6.07, 6.45) is -13.6. The topological polar surface area (TPSA) is 18.5 Å². The van der Waals surface area contributed by atoms with E-state index in [9.17, 15) is 26.3 Å². The van der Waals surface area contributed by atoms with Crippen LogP contribution >= 0.6 is 0 Å². The van der Waals surface area contributed by atoms with Crippen molar-refractivity contribution in [1.29, 1.82) is 0 Å². The van der Waals surface area contributed by atoms with Crippen LogP contribution in [0.1, 0.15) is 53.4 Å². The molecule has 0 spiro atoms. The molecule has 8 heteroatoms. The largest absolute Gasteiger partial charge is 0.391 e. The molecule has 0 rings (SSSR count). The van der Waals surface area contributed by atoms with Crippen LogP contribution in [0.25, 0.3) is 0 Å². The molecule has 2 nitrogen and oxygen atoms in total. The molecule has 0 aromatic rings. The van der Waals surface area contributed by atoms with Gasteiger partial charge in [-0.15, -0.1) is 0 Å². The minimum atomic E-state index is -4.42. The second kappa shape index (κ2) is 12.0. The summed E-state index contributed by atoms with van der Waals surface area (Å²) in [5, 5.41) is 0. The number of hydrogen-bond donors (Lipinski definition) is 0. The Morgan fingerprint density at radius 1 is 0.682 bits per heavy atom. The minimum absolute atomic E-state index is 0.0356. The molecule has 22 heavy (non-hydrogen) atoms. The normalized spacial score (nSPS) is 15.0. The number of hydrogen-bond acceptors (Lipinski definition) is 2. The fourth-order valence-electron chi connectivity index (χ4n) is 1.57. The zero-order valence-corrected chi connectivity index (χ0v) is 13.5. The van der Waals surface area contributed by atoms with Gasteiger partial charge in [0.05, 0.1) is 25.0 Å². The van der Waals surface area contributed by atoms with Gasteiger partial charge in [0.2, 0.25) is 0 Å². The van der Waals surface area contributed by atoms with E-state index in [4.69, 9.17) is 9.47 Å². The smallest absolute Gasteiger partial charge is 0.382 e. The maximum Gasteiger partial charge on any atom is 0.391 e. The molecular formula is C14H26F6O2. The standard InChI is InChI=1S/C10H16F6O.C4H10O/c1-3-7(5-9(11,12)13)17-8(4-2)6-10(14,15)16;1-3-5-4-2/h7-8H,3-6H2,1-2H3;3-4H2,1-2H3. The molecular weight excluding hydrogens is 314 g/mol. The molecule has 0 aliphatic rings. The number of ether oxygens (including phenoxy) is 2. The fourth-order valence-corrected chi connectivity index (χ4v) is 1.57. The molecule has 0 fully saturated rings. The van der Waals surface area contributed by atoms with Crippen molar-refractivity contribution in [2.24, 2.45) is 0 Å². The van der Waals surface area contributed by atoms with E-state index in [0.717, 1.165) is 13.2 Å². The lowest BCUT2D eigenvalue weighted by Gasteiger charge is -2.25. The van der Waals surface area contributed by atoms with Crippen LogP contribution < -0.4 is 0 Å². The third-order valence-electron chi connectivity index (χ3n) is 2.62. The molecule has 136 valence electrons. The second-order valence-electron chi connectivity index (χ2n) is 4.62. The first-order valence-corrected chi connectivity index (χ1v) is 7.35. The molecule has 0 N–H and O–H groups in total. The predicted molar refractivity (Wildman–Crippen MR) is 72.8 cm³/mol. The molecule has 0 aliphatic heterocycles. The maximum absolute atomic E-state index is 12.1. The van der Waals surface area contributed by atoms with Crippen LogP contribution in [0.2, 0.25) is 0 Å². The maximum atomic E-state index is 12.1. The first-order chi connectivity index (χ1) is 9.99. The summed E-state index contributed by atoms with van der Waals surface area (Å²) in [4.78, 5) is 0. The monoisotopic (exact) mass is 340 g/mol. The van der Waals surface area contributed by atoms with Crippen LogP contribution in [0.4, 0.5) is 26.3 Å². The van der Waals surface area contributed by atoms with Crippen LogP contribution in [-0.4, -0.2) is 37.8 Å². The average molecular weight is 340 g/mol. The Labute approximate surface area is 128 Å². The van der Waals surface area contributed by atoms with Crippen LogP contribution in [0.5, 0.6) is 0 Å². The van der Waals surface area contributed by atoms with Crippen molar-refractivity contribution in [3.05, 3.63) is 0 Å². The van der Waals surface area contributed by atoms with Crippen LogP contribution in [-0.2, 0) is 9.47 Å². The van der Waals surface area contributed by atoms with Gasteiger partial charge >= 0.3 is 12.4 Å². The van der Waals surface area contributed by atoms with E-state index in [1.54, 1.807) is 0 Å². The quantitative estimate of drug-likeness (QED) is 0.543. The summed E-state index contributed by atoms with van der Waals surface area (Å²) in [5.74, 6) is 0. The van der Waals surface area contributed by atoms with Crippen LogP contribution in [0, 0.1) is 0 Å². The lowest BCUT2D eigenvalue weighted by molar-refractivity contribution is -0.190. The van der Waals surface area contributed by atoms with Gasteiger partial charge in [-0.25, -0.2) is 0 Å². The third kappa shape index (κ3) is 17.6. The van der Waals surface area contributed by atoms with E-state index in [1.807, 2.05) is 13.8 Å². The molecule has 0 heterocycles. The Morgan fingerprint density at radius 3 is 1.14 bits per heavy atom. The zero-order valence-electron chi connectivity index (χ0n) is 13.5. The van der Waals surface area contributed by atoms with Crippen molar-refractivity contribution in [2.45, 2.75) is 77.9 Å². The van der Waals surface area contributed by atoms with Gasteiger partial charge in [0.15, 0.2) is 0 Å². The van der Waals surface area contributed by atoms with Gasteiger partial charge in [0, 0.05) is 13.2 Å². The van der Waals surface area contributed by atoms with Crippen LogP contribution in [0.3, 0.4) is 0 Å². The summed E-state index contributed by atoms with van der Waals surface area (Å²) >= 11 is 0. The highest BCUT2D eigenvalue weighted by atomic mass is 19.4. The van der Waals surface area contributed by atoms with Gasteiger partial charge in [0.1, 0.15) is 0 Å². The Bertz CT molecular complexity index is 229. The Kier molecular flexibility index (Phi) is 12.9. The van der Waals surface area contributed by atoms with Crippen molar-refractivity contribution in [3.63, 3.8) is 0 Å². The summed E-state index contributed by atoms with van der Waals surface area (Å²) in [7, 11) is 0. The average Bonchev–Trinajstić information content (AvgIpc) is 2.35. The minimum Gasteiger partial charge on any atom is -0.382 e. The Balaban J connectivity index is 0. The first-order valence-electron chi connectivity index (χ1n) is 7.35. The Hall–Kier alpha value is -0.500. The molecule has 0 aliphatic carbocycles. The SMILES string of the molecule is CCC(CC(F)(F)F)OC(CC)CC(F)(F)F.CCOCC. The van der Waals surface area contributed by atoms with Gasteiger partial charge in [-0.1, -0.05) is 13.8 Å². The second-order valence-corrected chi connectivity index (χ2v) is 4.62. The Morgan fingerprint density at radius 2 is 1.00 bits per heavy atom. The van der Waals surface area contributed by atoms with Crippen molar-refractivity contribution in [3.8, 4) is 0 Å². The zero-order chi connectivity index (χ0) is 17.8. The molecule has 0 saturated heterocycles. The number of rotatable bonds is 8. The molecule has 0 aromatic heterocycles. The summed E-state index contributed by atoms with van der Waals surface area (Å²) < 4.78 is 82.2. The predicted octanol–water partition coefficient (Wildman–Crippen LogP) is 5.51. The molecule has 0 saturated carbocycles. The van der Waals surface area contributed by atoms with Crippen molar-refractivity contribution in [2.75, 3.05) is 13.2 Å². The van der Waals surface area contributed by atoms with Crippen molar-refractivity contribution < 1.29 is 35.8 Å². The number of alkyl halides is 6. The van der Waals surface area contributed by atoms with E-state index in [-0.39, 0.29) is 12.8 Å². The van der Waals surface area contributed by atoms with Gasteiger partial charge < -0.3 is 9.47 Å². The molecule has 0 bridgehead atoms. The number of halogens is 6. The third-order valence-corrected chi connectivity index (χ3v) is 2.62. The van der Waals surface area contributed by atoms with E-state index in [2.05, 4.69) is 0 Å². The van der Waals surface area contributed by atoms with Gasteiger partial charge in [-0.05, 0) is 26.7 Å². The molecule has 0 radical (unpaired) electrons. The molecule has 0 aromatic carbocycles. The lowest BCUT2D eigenvalue weighted by atomic mass is 10.1. The van der Waals surface area contributed by atoms with Gasteiger partial charge in [-0.2, -0.15) is 26.3 Å². The lowest BCUT2D eigenvalue weighted by Crippen LogP contribution is -2.29. The summed E-state index contributed by atoms with van der Waals surface area (Å²) in [5.41, 5.74) is 0. The van der Waals surface area contributed by atoms with Gasteiger partial charge in [-0.3, -0.25) is 0 Å². The van der Waals surface area contributed by atoms with E-state index in [1.165, 1.54) is 13.8 Å². The summed E-state index contributed by atoms with van der Waals surface area (Å²) in [6.45, 7) is 8.58.